The van der Waals surface area contributed by atoms with Crippen molar-refractivity contribution in [2.24, 2.45) is 0 Å². The van der Waals surface area contributed by atoms with E-state index in [9.17, 15) is 4.39 Å². The second-order valence-electron chi connectivity index (χ2n) is 4.40. The number of fused-ring (bicyclic) bond motifs is 1. The smallest absolute Gasteiger partial charge is 0.146 e. The molecule has 1 N–H and O–H groups in total. The van der Waals surface area contributed by atoms with Gasteiger partial charge in [0.2, 0.25) is 0 Å². The second-order valence-corrected chi connectivity index (χ2v) is 4.40. The zero-order chi connectivity index (χ0) is 13.9. The van der Waals surface area contributed by atoms with Crippen molar-refractivity contribution in [1.82, 2.24) is 20.3 Å². The van der Waals surface area contributed by atoms with Gasteiger partial charge in [-0.05, 0) is 25.2 Å². The molecule has 0 saturated heterocycles. The van der Waals surface area contributed by atoms with E-state index in [2.05, 4.69) is 20.3 Å². The fourth-order valence-corrected chi connectivity index (χ4v) is 2.19. The molecule has 0 bridgehead atoms. The topological polar surface area (TPSA) is 50.7 Å². The summed E-state index contributed by atoms with van der Waals surface area (Å²) in [6.07, 6.45) is 4.44. The van der Waals surface area contributed by atoms with Gasteiger partial charge >= 0.3 is 0 Å². The third kappa shape index (κ3) is 2.23. The van der Waals surface area contributed by atoms with Crippen LogP contribution in [0.5, 0.6) is 0 Å². The van der Waals surface area contributed by atoms with Crippen molar-refractivity contribution in [1.29, 1.82) is 0 Å². The fourth-order valence-electron chi connectivity index (χ4n) is 2.19. The number of nitrogens with zero attached hydrogens (tertiary/aromatic N) is 3. The van der Waals surface area contributed by atoms with Crippen molar-refractivity contribution >= 4 is 11.0 Å². The molecule has 2 aromatic heterocycles. The molecule has 4 nitrogen and oxygen atoms in total. The Labute approximate surface area is 115 Å². The van der Waals surface area contributed by atoms with E-state index in [4.69, 9.17) is 0 Å². The summed E-state index contributed by atoms with van der Waals surface area (Å²) in [5.41, 5.74) is 2.80. The summed E-state index contributed by atoms with van der Waals surface area (Å²) in [7, 11) is 1.77. The van der Waals surface area contributed by atoms with Gasteiger partial charge in [-0.3, -0.25) is 9.97 Å². The molecule has 100 valence electrons. The van der Waals surface area contributed by atoms with Crippen LogP contribution in [0, 0.1) is 5.82 Å². The maximum atomic E-state index is 13.9. The lowest BCUT2D eigenvalue weighted by molar-refractivity contribution is 0.565. The van der Waals surface area contributed by atoms with Gasteiger partial charge in [0.25, 0.3) is 0 Å². The summed E-state index contributed by atoms with van der Waals surface area (Å²) >= 11 is 0. The van der Waals surface area contributed by atoms with E-state index in [0.717, 1.165) is 11.0 Å². The summed E-state index contributed by atoms with van der Waals surface area (Å²) in [4.78, 5) is 12.7. The van der Waals surface area contributed by atoms with E-state index >= 15 is 0 Å². The molecule has 0 amide bonds. The molecule has 2 heterocycles. The first kappa shape index (κ1) is 12.6. The number of rotatable bonds is 3. The summed E-state index contributed by atoms with van der Waals surface area (Å²) < 4.78 is 13.9. The monoisotopic (exact) mass is 268 g/mol. The van der Waals surface area contributed by atoms with Crippen LogP contribution in [0.4, 0.5) is 4.39 Å². The quantitative estimate of drug-likeness (QED) is 0.793. The van der Waals surface area contributed by atoms with Crippen molar-refractivity contribution in [2.75, 3.05) is 7.05 Å². The predicted molar refractivity (Wildman–Crippen MR) is 74.6 cm³/mol. The first-order valence-electron chi connectivity index (χ1n) is 6.28. The molecule has 20 heavy (non-hydrogen) atoms. The molecule has 3 aromatic rings. The Hall–Kier alpha value is -2.40. The summed E-state index contributed by atoms with van der Waals surface area (Å²) in [5, 5.41) is 3.07. The van der Waals surface area contributed by atoms with Gasteiger partial charge in [-0.1, -0.05) is 12.1 Å². The molecule has 1 unspecified atom stereocenters. The van der Waals surface area contributed by atoms with Gasteiger partial charge in [0.1, 0.15) is 5.82 Å². The van der Waals surface area contributed by atoms with Gasteiger partial charge in [-0.2, -0.15) is 0 Å². The molecule has 0 fully saturated rings. The van der Waals surface area contributed by atoms with Crippen molar-refractivity contribution < 1.29 is 4.39 Å². The highest BCUT2D eigenvalue weighted by Gasteiger charge is 2.18. The minimum absolute atomic E-state index is 0.352. The Morgan fingerprint density at radius 3 is 2.65 bits per heavy atom. The number of hydrogen-bond donors (Lipinski definition) is 1. The lowest BCUT2D eigenvalue weighted by Gasteiger charge is -2.16. The molecule has 5 heteroatoms. The van der Waals surface area contributed by atoms with E-state index in [1.54, 1.807) is 25.5 Å². The highest BCUT2D eigenvalue weighted by molar-refractivity contribution is 5.73. The van der Waals surface area contributed by atoms with Crippen LogP contribution in [0.3, 0.4) is 0 Å². The van der Waals surface area contributed by atoms with Crippen LogP contribution >= 0.6 is 0 Å². The first-order chi connectivity index (χ1) is 9.79. The molecule has 0 radical (unpaired) electrons. The number of pyridine rings is 1. The van der Waals surface area contributed by atoms with E-state index in [-0.39, 0.29) is 11.9 Å². The van der Waals surface area contributed by atoms with Gasteiger partial charge in [-0.25, -0.2) is 9.37 Å². The lowest BCUT2D eigenvalue weighted by atomic mass is 10.1. The molecule has 1 aromatic carbocycles. The SMILES string of the molecule is CNC(c1cnc2ccccc2n1)c1ccncc1F. The maximum absolute atomic E-state index is 13.9. The Morgan fingerprint density at radius 2 is 1.90 bits per heavy atom. The van der Waals surface area contributed by atoms with E-state index < -0.39 is 0 Å². The van der Waals surface area contributed by atoms with Crippen molar-refractivity contribution in [3.8, 4) is 0 Å². The standard InChI is InChI=1S/C15H13FN4/c1-17-15(10-6-7-18-8-11(10)16)14-9-19-12-4-2-3-5-13(12)20-14/h2-9,15,17H,1H3. The molecular weight excluding hydrogens is 255 g/mol. The van der Waals surface area contributed by atoms with Crippen LogP contribution in [0.25, 0.3) is 11.0 Å². The van der Waals surface area contributed by atoms with Gasteiger partial charge in [0.15, 0.2) is 0 Å². The molecule has 0 aliphatic carbocycles. The maximum Gasteiger partial charge on any atom is 0.146 e. The van der Waals surface area contributed by atoms with Crippen LogP contribution in [0.15, 0.2) is 48.9 Å². The Bertz CT molecular complexity index is 745. The molecule has 0 spiro atoms. The van der Waals surface area contributed by atoms with Gasteiger partial charge in [-0.15, -0.1) is 0 Å². The van der Waals surface area contributed by atoms with Crippen molar-refractivity contribution in [3.05, 3.63) is 66.0 Å². The number of hydrogen-bond acceptors (Lipinski definition) is 4. The van der Waals surface area contributed by atoms with E-state index in [1.165, 1.54) is 6.20 Å². The largest absolute Gasteiger partial charge is 0.308 e. The zero-order valence-electron chi connectivity index (χ0n) is 10.9. The normalized spacial score (nSPS) is 12.5. The number of para-hydroxylation sites is 2. The average molecular weight is 268 g/mol. The van der Waals surface area contributed by atoms with Gasteiger partial charge in [0, 0.05) is 11.8 Å². The first-order valence-corrected chi connectivity index (χ1v) is 6.28. The highest BCUT2D eigenvalue weighted by atomic mass is 19.1. The lowest BCUT2D eigenvalue weighted by Crippen LogP contribution is -2.20. The molecule has 0 aliphatic rings. The predicted octanol–water partition coefficient (Wildman–Crippen LogP) is 2.47. The molecular formula is C15H13FN4. The fraction of sp³-hybridized carbons (Fsp3) is 0.133. The number of benzene rings is 1. The third-order valence-electron chi connectivity index (χ3n) is 3.17. The van der Waals surface area contributed by atoms with Crippen LogP contribution in [0.2, 0.25) is 0 Å². The van der Waals surface area contributed by atoms with Crippen molar-refractivity contribution in [2.45, 2.75) is 6.04 Å². The zero-order valence-corrected chi connectivity index (χ0v) is 10.9. The number of aromatic nitrogens is 3. The van der Waals surface area contributed by atoms with Crippen molar-refractivity contribution in [3.63, 3.8) is 0 Å². The molecule has 1 atom stereocenters. The summed E-state index contributed by atoms with van der Waals surface area (Å²) in [6, 6.07) is 8.90. The Morgan fingerprint density at radius 1 is 1.10 bits per heavy atom. The minimum Gasteiger partial charge on any atom is -0.308 e. The highest BCUT2D eigenvalue weighted by Crippen LogP contribution is 2.22. The van der Waals surface area contributed by atoms with Gasteiger partial charge < -0.3 is 5.32 Å². The van der Waals surface area contributed by atoms with Crippen LogP contribution in [-0.2, 0) is 0 Å². The second kappa shape index (κ2) is 5.30. The minimum atomic E-state index is -0.359. The molecule has 0 aliphatic heterocycles. The number of nitrogens with one attached hydrogen (secondary N) is 1. The number of halogens is 1. The van der Waals surface area contributed by atoms with Crippen LogP contribution in [-0.4, -0.2) is 22.0 Å². The third-order valence-corrected chi connectivity index (χ3v) is 3.17. The van der Waals surface area contributed by atoms with Crippen LogP contribution in [0.1, 0.15) is 17.3 Å². The van der Waals surface area contributed by atoms with E-state index in [0.29, 0.717) is 11.3 Å². The van der Waals surface area contributed by atoms with Crippen LogP contribution < -0.4 is 5.32 Å². The van der Waals surface area contributed by atoms with Gasteiger partial charge in [0.05, 0.1) is 35.2 Å². The Kier molecular flexibility index (Phi) is 3.35. The summed E-state index contributed by atoms with van der Waals surface area (Å²) in [6.45, 7) is 0. The van der Waals surface area contributed by atoms with E-state index in [1.807, 2.05) is 24.3 Å². The Balaban J connectivity index is 2.10. The molecule has 0 saturated carbocycles. The average Bonchev–Trinajstić information content (AvgIpc) is 2.50. The molecule has 3 rings (SSSR count). The summed E-state index contributed by atoms with van der Waals surface area (Å²) in [5.74, 6) is -0.359.